The smallest absolute Gasteiger partial charge is 0.422 e. The summed E-state index contributed by atoms with van der Waals surface area (Å²) in [4.78, 5) is 11.3. The number of esters is 1. The van der Waals surface area contributed by atoms with Crippen molar-refractivity contribution in [1.29, 1.82) is 0 Å². The minimum atomic E-state index is -4.45. The number of carbonyl (C=O) groups is 1. The molecule has 1 aromatic carbocycles. The molecule has 0 heterocycles. The Labute approximate surface area is 118 Å². The second kappa shape index (κ2) is 7.28. The highest BCUT2D eigenvalue weighted by atomic mass is 19.4. The van der Waals surface area contributed by atoms with Crippen LogP contribution in [0.3, 0.4) is 0 Å². The molecule has 0 fully saturated rings. The molecule has 0 aliphatic rings. The van der Waals surface area contributed by atoms with Gasteiger partial charge in [0, 0.05) is 0 Å². The van der Waals surface area contributed by atoms with Crippen LogP contribution in [0.15, 0.2) is 24.3 Å². The number of ether oxygens (including phenoxy) is 2. The van der Waals surface area contributed by atoms with Gasteiger partial charge in [0.2, 0.25) is 0 Å². The zero-order valence-corrected chi connectivity index (χ0v) is 11.1. The summed E-state index contributed by atoms with van der Waals surface area (Å²) >= 11 is 0. The van der Waals surface area contributed by atoms with E-state index in [4.69, 9.17) is 0 Å². The third-order valence-corrected chi connectivity index (χ3v) is 2.45. The van der Waals surface area contributed by atoms with Crippen LogP contribution in [-0.2, 0) is 9.53 Å². The van der Waals surface area contributed by atoms with Crippen LogP contribution >= 0.6 is 0 Å². The van der Waals surface area contributed by atoms with Gasteiger partial charge in [0.15, 0.2) is 12.7 Å². The third kappa shape index (κ3) is 5.60. The fourth-order valence-electron chi connectivity index (χ4n) is 1.47. The summed E-state index contributed by atoms with van der Waals surface area (Å²) in [6.07, 6.45) is -7.76. The standard InChI is InChI=1S/C13H15F3O5/c1-2-20-12(19)11(18)10(17)8-3-5-9(6-4-8)21-7-13(14,15)16/h3-6,10-11,17-18H,2,7H2,1H3. The van der Waals surface area contributed by atoms with Gasteiger partial charge >= 0.3 is 12.1 Å². The molecule has 2 N–H and O–H groups in total. The van der Waals surface area contributed by atoms with Gasteiger partial charge in [0.25, 0.3) is 0 Å². The molecule has 0 aliphatic carbocycles. The van der Waals surface area contributed by atoms with E-state index in [-0.39, 0.29) is 17.9 Å². The fraction of sp³-hybridized carbons (Fsp3) is 0.462. The number of hydrogen-bond acceptors (Lipinski definition) is 5. The van der Waals surface area contributed by atoms with Crippen molar-refractivity contribution in [2.75, 3.05) is 13.2 Å². The van der Waals surface area contributed by atoms with Crippen molar-refractivity contribution < 1.29 is 37.7 Å². The fourth-order valence-corrected chi connectivity index (χ4v) is 1.47. The molecule has 0 bridgehead atoms. The van der Waals surface area contributed by atoms with Crippen molar-refractivity contribution in [1.82, 2.24) is 0 Å². The van der Waals surface area contributed by atoms with Crippen LogP contribution in [0.4, 0.5) is 13.2 Å². The SMILES string of the molecule is CCOC(=O)C(O)C(O)c1ccc(OCC(F)(F)F)cc1. The van der Waals surface area contributed by atoms with Gasteiger partial charge in [-0.05, 0) is 24.6 Å². The molecule has 0 saturated heterocycles. The highest BCUT2D eigenvalue weighted by Gasteiger charge is 2.29. The number of aliphatic hydroxyl groups is 2. The molecular formula is C13H15F3O5. The first-order valence-electron chi connectivity index (χ1n) is 6.07. The quantitative estimate of drug-likeness (QED) is 0.781. The molecular weight excluding hydrogens is 293 g/mol. The van der Waals surface area contributed by atoms with Crippen molar-refractivity contribution in [3.63, 3.8) is 0 Å². The zero-order valence-electron chi connectivity index (χ0n) is 11.1. The molecule has 0 radical (unpaired) electrons. The summed E-state index contributed by atoms with van der Waals surface area (Å²) in [5.41, 5.74) is 0.148. The Morgan fingerprint density at radius 2 is 1.81 bits per heavy atom. The van der Waals surface area contributed by atoms with Crippen molar-refractivity contribution >= 4 is 5.97 Å². The monoisotopic (exact) mass is 308 g/mol. The van der Waals surface area contributed by atoms with Crippen molar-refractivity contribution in [2.24, 2.45) is 0 Å². The van der Waals surface area contributed by atoms with Gasteiger partial charge in [0.05, 0.1) is 6.61 Å². The number of carbonyl (C=O) groups excluding carboxylic acids is 1. The summed E-state index contributed by atoms with van der Waals surface area (Å²) in [6, 6.07) is 4.89. The number of benzene rings is 1. The topological polar surface area (TPSA) is 76.0 Å². The Morgan fingerprint density at radius 3 is 2.29 bits per heavy atom. The minimum Gasteiger partial charge on any atom is -0.484 e. The predicted molar refractivity (Wildman–Crippen MR) is 65.6 cm³/mol. The average Bonchev–Trinajstić information content (AvgIpc) is 2.43. The van der Waals surface area contributed by atoms with Crippen LogP contribution in [-0.4, -0.2) is 41.7 Å². The highest BCUT2D eigenvalue weighted by Crippen LogP contribution is 2.23. The summed E-state index contributed by atoms with van der Waals surface area (Å²) in [5.74, 6) is -1.03. The van der Waals surface area contributed by atoms with Crippen molar-refractivity contribution in [3.8, 4) is 5.75 Å². The first kappa shape index (κ1) is 17.3. The Morgan fingerprint density at radius 1 is 1.24 bits per heavy atom. The minimum absolute atomic E-state index is 0.0473. The molecule has 2 unspecified atom stereocenters. The first-order valence-corrected chi connectivity index (χ1v) is 6.07. The van der Waals surface area contributed by atoms with Gasteiger partial charge < -0.3 is 19.7 Å². The van der Waals surface area contributed by atoms with E-state index in [0.717, 1.165) is 0 Å². The van der Waals surface area contributed by atoms with Crippen molar-refractivity contribution in [3.05, 3.63) is 29.8 Å². The lowest BCUT2D eigenvalue weighted by Crippen LogP contribution is -2.29. The lowest BCUT2D eigenvalue weighted by Gasteiger charge is -2.17. The van der Waals surface area contributed by atoms with Crippen molar-refractivity contribution in [2.45, 2.75) is 25.3 Å². The highest BCUT2D eigenvalue weighted by molar-refractivity contribution is 5.75. The average molecular weight is 308 g/mol. The zero-order chi connectivity index (χ0) is 16.0. The molecule has 8 heteroatoms. The van der Waals surface area contributed by atoms with Crippen LogP contribution in [0.2, 0.25) is 0 Å². The third-order valence-electron chi connectivity index (χ3n) is 2.45. The van der Waals surface area contributed by atoms with Gasteiger partial charge in [0.1, 0.15) is 11.9 Å². The second-order valence-corrected chi connectivity index (χ2v) is 4.11. The molecule has 0 amide bonds. The maximum atomic E-state index is 12.0. The molecule has 0 saturated carbocycles. The molecule has 0 aromatic heterocycles. The summed E-state index contributed by atoms with van der Waals surface area (Å²) in [5, 5.41) is 19.3. The van der Waals surface area contributed by atoms with E-state index in [0.29, 0.717) is 0 Å². The Bertz CT molecular complexity index is 458. The van der Waals surface area contributed by atoms with E-state index < -0.39 is 31.0 Å². The molecule has 118 valence electrons. The van der Waals surface area contributed by atoms with E-state index in [1.54, 1.807) is 6.92 Å². The second-order valence-electron chi connectivity index (χ2n) is 4.11. The summed E-state index contributed by atoms with van der Waals surface area (Å²) in [6.45, 7) is 0.164. The maximum Gasteiger partial charge on any atom is 0.422 e. The summed E-state index contributed by atoms with van der Waals surface area (Å²) < 4.78 is 44.9. The Kier molecular flexibility index (Phi) is 5.98. The molecule has 0 spiro atoms. The number of alkyl halides is 3. The summed E-state index contributed by atoms with van der Waals surface area (Å²) in [7, 11) is 0. The van der Waals surface area contributed by atoms with Crippen LogP contribution < -0.4 is 4.74 Å². The molecule has 21 heavy (non-hydrogen) atoms. The van der Waals surface area contributed by atoms with E-state index >= 15 is 0 Å². The molecule has 1 rings (SSSR count). The van der Waals surface area contributed by atoms with Crippen LogP contribution in [0.1, 0.15) is 18.6 Å². The lowest BCUT2D eigenvalue weighted by molar-refractivity contribution is -0.159. The van der Waals surface area contributed by atoms with Crippen LogP contribution in [0, 0.1) is 0 Å². The Hall–Kier alpha value is -1.80. The number of aliphatic hydroxyl groups excluding tert-OH is 2. The van der Waals surface area contributed by atoms with E-state index in [1.165, 1.54) is 24.3 Å². The maximum absolute atomic E-state index is 12.0. The van der Waals surface area contributed by atoms with Crippen LogP contribution in [0.5, 0.6) is 5.75 Å². The number of halogens is 3. The Balaban J connectivity index is 2.66. The lowest BCUT2D eigenvalue weighted by atomic mass is 10.0. The predicted octanol–water partition coefficient (Wildman–Crippen LogP) is 1.59. The molecule has 5 nitrogen and oxygen atoms in total. The molecule has 0 aliphatic heterocycles. The van der Waals surface area contributed by atoms with Gasteiger partial charge in [-0.25, -0.2) is 4.79 Å². The van der Waals surface area contributed by atoms with E-state index in [2.05, 4.69) is 9.47 Å². The largest absolute Gasteiger partial charge is 0.484 e. The van der Waals surface area contributed by atoms with Gasteiger partial charge in [-0.3, -0.25) is 0 Å². The first-order chi connectivity index (χ1) is 9.74. The van der Waals surface area contributed by atoms with E-state index in [9.17, 15) is 28.2 Å². The molecule has 2 atom stereocenters. The number of rotatable bonds is 6. The van der Waals surface area contributed by atoms with Gasteiger partial charge in [-0.2, -0.15) is 13.2 Å². The van der Waals surface area contributed by atoms with Gasteiger partial charge in [-0.1, -0.05) is 12.1 Å². The van der Waals surface area contributed by atoms with Gasteiger partial charge in [-0.15, -0.1) is 0 Å². The molecule has 1 aromatic rings. The number of hydrogen-bond donors (Lipinski definition) is 2. The van der Waals surface area contributed by atoms with Crippen LogP contribution in [0.25, 0.3) is 0 Å². The normalized spacial score (nSPS) is 14.4. The van der Waals surface area contributed by atoms with E-state index in [1.807, 2.05) is 0 Å².